The molecule has 7 heteroatoms. The summed E-state index contributed by atoms with van der Waals surface area (Å²) in [6.45, 7) is 2.60. The number of nitrogens with one attached hydrogen (secondary N) is 1. The number of ether oxygens (including phenoxy) is 3. The Balaban J connectivity index is 2.04. The lowest BCUT2D eigenvalue weighted by molar-refractivity contribution is 0.0601. The van der Waals surface area contributed by atoms with Crippen LogP contribution in [0.5, 0.6) is 11.5 Å². The van der Waals surface area contributed by atoms with Gasteiger partial charge >= 0.3 is 5.97 Å². The average Bonchev–Trinajstić information content (AvgIpc) is 2.84. The summed E-state index contributed by atoms with van der Waals surface area (Å²) in [5.74, 6) is 0.0492. The molecular formula is C26H28BNO5. The fourth-order valence-corrected chi connectivity index (χ4v) is 3.44. The van der Waals surface area contributed by atoms with Crippen LogP contribution < -0.4 is 20.3 Å². The van der Waals surface area contributed by atoms with Crippen LogP contribution in [0.3, 0.4) is 0 Å². The molecule has 0 atom stereocenters. The molecule has 170 valence electrons. The zero-order chi connectivity index (χ0) is 23.8. The van der Waals surface area contributed by atoms with E-state index in [2.05, 4.69) is 12.2 Å². The van der Waals surface area contributed by atoms with Crippen molar-refractivity contribution in [2.24, 2.45) is 0 Å². The first-order valence-corrected chi connectivity index (χ1v) is 10.9. The van der Waals surface area contributed by atoms with Crippen LogP contribution in [0.1, 0.15) is 40.5 Å². The summed E-state index contributed by atoms with van der Waals surface area (Å²) >= 11 is 0. The first-order valence-electron chi connectivity index (χ1n) is 10.9. The van der Waals surface area contributed by atoms with Crippen LogP contribution in [0.15, 0.2) is 60.7 Å². The van der Waals surface area contributed by atoms with Gasteiger partial charge in [-0.25, -0.2) is 4.79 Å². The Morgan fingerprint density at radius 3 is 2.36 bits per heavy atom. The van der Waals surface area contributed by atoms with E-state index in [0.717, 1.165) is 29.4 Å². The van der Waals surface area contributed by atoms with E-state index < -0.39 is 5.97 Å². The molecule has 0 aromatic heterocycles. The van der Waals surface area contributed by atoms with Crippen molar-refractivity contribution in [3.63, 3.8) is 0 Å². The first kappa shape index (κ1) is 23.9. The van der Waals surface area contributed by atoms with Crippen molar-refractivity contribution in [3.05, 3.63) is 71.8 Å². The van der Waals surface area contributed by atoms with E-state index in [-0.39, 0.29) is 11.5 Å². The van der Waals surface area contributed by atoms with Crippen LogP contribution in [-0.4, -0.2) is 40.5 Å². The van der Waals surface area contributed by atoms with Crippen molar-refractivity contribution in [1.29, 1.82) is 0 Å². The number of hydrogen-bond acceptors (Lipinski definition) is 5. The number of carbonyl (C=O) groups excluding carboxylic acids is 2. The topological polar surface area (TPSA) is 73.9 Å². The van der Waals surface area contributed by atoms with E-state index in [1.807, 2.05) is 44.2 Å². The van der Waals surface area contributed by atoms with Crippen molar-refractivity contribution in [3.8, 4) is 22.6 Å². The first-order chi connectivity index (χ1) is 16.0. The molecule has 0 bridgehead atoms. The minimum atomic E-state index is -0.577. The molecule has 3 aromatic rings. The normalized spacial score (nSPS) is 10.4. The molecule has 0 radical (unpaired) electrons. The number of esters is 1. The predicted octanol–water partition coefficient (Wildman–Crippen LogP) is 3.84. The number of methoxy groups -OCH3 is 2. The van der Waals surface area contributed by atoms with Crippen molar-refractivity contribution in [1.82, 2.24) is 0 Å². The lowest BCUT2D eigenvalue weighted by atomic mass is 9.93. The Bertz CT molecular complexity index is 1130. The van der Waals surface area contributed by atoms with Gasteiger partial charge in [-0.05, 0) is 30.2 Å². The minimum absolute atomic E-state index is 0.198. The standard InChI is InChI=1S/C26H28BNO5/c1-4-5-13-33-23-12-11-18(27)14-21(23)25(29)28-22-15-19(17-9-7-6-8-10-17)24(31-2)16-20(22)26(30)32-3/h6-12,14-16H,4-5,13,27H2,1-3H3,(H,28,29). The lowest BCUT2D eigenvalue weighted by Crippen LogP contribution is -2.19. The van der Waals surface area contributed by atoms with Crippen molar-refractivity contribution in [2.45, 2.75) is 19.8 Å². The molecule has 0 aliphatic carbocycles. The van der Waals surface area contributed by atoms with Crippen molar-refractivity contribution < 1.29 is 23.8 Å². The highest BCUT2D eigenvalue weighted by Gasteiger charge is 2.21. The molecule has 33 heavy (non-hydrogen) atoms. The summed E-state index contributed by atoms with van der Waals surface area (Å²) in [6, 6.07) is 18.4. The predicted molar refractivity (Wildman–Crippen MR) is 133 cm³/mol. The SMILES string of the molecule is Bc1ccc(OCCCC)c(C(=O)Nc2cc(-c3ccccc3)c(OC)cc2C(=O)OC)c1. The third kappa shape index (κ3) is 5.74. The van der Waals surface area contributed by atoms with E-state index in [0.29, 0.717) is 29.4 Å². The molecular weight excluding hydrogens is 417 g/mol. The van der Waals surface area contributed by atoms with Crippen LogP contribution in [0.4, 0.5) is 5.69 Å². The van der Waals surface area contributed by atoms with E-state index in [9.17, 15) is 9.59 Å². The molecule has 1 N–H and O–H groups in total. The number of anilines is 1. The maximum Gasteiger partial charge on any atom is 0.340 e. The van der Waals surface area contributed by atoms with Crippen LogP contribution in [0.2, 0.25) is 0 Å². The fraction of sp³-hybridized carbons (Fsp3) is 0.231. The van der Waals surface area contributed by atoms with Gasteiger partial charge in [-0.3, -0.25) is 4.79 Å². The van der Waals surface area contributed by atoms with Crippen LogP contribution in [0.25, 0.3) is 11.1 Å². The van der Waals surface area contributed by atoms with E-state index >= 15 is 0 Å². The molecule has 6 nitrogen and oxygen atoms in total. The van der Waals surface area contributed by atoms with Gasteiger partial charge in [0.15, 0.2) is 0 Å². The molecule has 0 heterocycles. The molecule has 1 amide bonds. The van der Waals surface area contributed by atoms with Gasteiger partial charge in [0.25, 0.3) is 5.91 Å². The van der Waals surface area contributed by atoms with E-state index in [4.69, 9.17) is 14.2 Å². The molecule has 0 spiro atoms. The van der Waals surface area contributed by atoms with Gasteiger partial charge in [0.1, 0.15) is 19.3 Å². The quantitative estimate of drug-likeness (QED) is 0.308. The number of rotatable bonds is 9. The highest BCUT2D eigenvalue weighted by Crippen LogP contribution is 2.36. The zero-order valence-corrected chi connectivity index (χ0v) is 19.4. The van der Waals surface area contributed by atoms with Gasteiger partial charge in [0, 0.05) is 5.56 Å². The third-order valence-corrected chi connectivity index (χ3v) is 5.21. The molecule has 0 saturated heterocycles. The highest BCUT2D eigenvalue weighted by molar-refractivity contribution is 6.33. The number of carbonyl (C=O) groups is 2. The van der Waals surface area contributed by atoms with Crippen molar-refractivity contribution >= 4 is 30.9 Å². The minimum Gasteiger partial charge on any atom is -0.496 e. The number of amides is 1. The molecule has 3 aromatic carbocycles. The van der Waals surface area contributed by atoms with Gasteiger partial charge in [0.2, 0.25) is 0 Å². The van der Waals surface area contributed by atoms with Crippen LogP contribution in [-0.2, 0) is 4.74 Å². The number of unbranched alkanes of at least 4 members (excludes halogenated alkanes) is 1. The molecule has 0 aliphatic rings. The zero-order valence-electron chi connectivity index (χ0n) is 19.4. The molecule has 0 unspecified atom stereocenters. The molecule has 0 fully saturated rings. The smallest absolute Gasteiger partial charge is 0.340 e. The summed E-state index contributed by atoms with van der Waals surface area (Å²) in [7, 11) is 4.74. The second kappa shape index (κ2) is 11.2. The second-order valence-corrected chi connectivity index (χ2v) is 7.61. The Kier molecular flexibility index (Phi) is 8.14. The van der Waals surface area contributed by atoms with Gasteiger partial charge < -0.3 is 19.5 Å². The van der Waals surface area contributed by atoms with E-state index in [1.54, 1.807) is 24.3 Å². The van der Waals surface area contributed by atoms with E-state index in [1.165, 1.54) is 14.2 Å². The van der Waals surface area contributed by atoms with Gasteiger partial charge in [-0.1, -0.05) is 61.3 Å². The Morgan fingerprint density at radius 1 is 0.939 bits per heavy atom. The van der Waals surface area contributed by atoms with Gasteiger partial charge in [-0.2, -0.15) is 0 Å². The van der Waals surface area contributed by atoms with Gasteiger partial charge in [-0.15, -0.1) is 0 Å². The molecule has 0 aliphatic heterocycles. The number of benzene rings is 3. The summed E-state index contributed by atoms with van der Waals surface area (Å²) < 4.78 is 16.3. The second-order valence-electron chi connectivity index (χ2n) is 7.61. The number of hydrogen-bond donors (Lipinski definition) is 1. The van der Waals surface area contributed by atoms with Crippen LogP contribution in [0, 0.1) is 0 Å². The monoisotopic (exact) mass is 445 g/mol. The summed E-state index contributed by atoms with van der Waals surface area (Å²) in [6.07, 6.45) is 1.88. The maximum absolute atomic E-state index is 13.3. The van der Waals surface area contributed by atoms with Gasteiger partial charge in [0.05, 0.1) is 37.6 Å². The summed E-state index contributed by atoms with van der Waals surface area (Å²) in [5.41, 5.74) is 3.48. The largest absolute Gasteiger partial charge is 0.496 e. The molecule has 0 saturated carbocycles. The summed E-state index contributed by atoms with van der Waals surface area (Å²) in [5, 5.41) is 2.89. The Labute approximate surface area is 195 Å². The van der Waals surface area contributed by atoms with Crippen molar-refractivity contribution in [2.75, 3.05) is 26.1 Å². The maximum atomic E-state index is 13.3. The van der Waals surface area contributed by atoms with Crippen LogP contribution >= 0.6 is 0 Å². The lowest BCUT2D eigenvalue weighted by Gasteiger charge is -2.17. The average molecular weight is 445 g/mol. The fourth-order valence-electron chi connectivity index (χ4n) is 3.44. The summed E-state index contributed by atoms with van der Waals surface area (Å²) in [4.78, 5) is 25.8. The highest BCUT2D eigenvalue weighted by atomic mass is 16.5. The Hall–Kier alpha value is -3.74. The Morgan fingerprint density at radius 2 is 1.70 bits per heavy atom. The molecule has 3 rings (SSSR count). The third-order valence-electron chi connectivity index (χ3n) is 5.21.